The summed E-state index contributed by atoms with van der Waals surface area (Å²) in [4.78, 5) is 22.0. The fourth-order valence-electron chi connectivity index (χ4n) is 5.32. The number of hydrogen-bond acceptors (Lipinski definition) is 6. The Balaban J connectivity index is 1.56. The topological polar surface area (TPSA) is 70.8 Å². The van der Waals surface area contributed by atoms with Gasteiger partial charge in [-0.3, -0.25) is 9.69 Å². The molecule has 1 aromatic carbocycles. The molecule has 1 saturated carbocycles. The summed E-state index contributed by atoms with van der Waals surface area (Å²) in [7, 11) is 3.76. The molecule has 1 N–H and O–H groups in total. The van der Waals surface area contributed by atoms with Gasteiger partial charge in [-0.1, -0.05) is 0 Å². The summed E-state index contributed by atoms with van der Waals surface area (Å²) < 4.78 is 7.71. The van der Waals surface area contributed by atoms with E-state index in [0.29, 0.717) is 25.4 Å². The number of aryl methyl sites for hydroxylation is 1. The number of carbonyl (C=O) groups is 1. The number of thiazole rings is 1. The Labute approximate surface area is 205 Å². The lowest BCUT2D eigenvalue weighted by Crippen LogP contribution is -2.39. The molecule has 8 heteroatoms. The normalized spacial score (nSPS) is 19.9. The van der Waals surface area contributed by atoms with Crippen molar-refractivity contribution in [3.8, 4) is 5.75 Å². The number of hydrogen-bond donors (Lipinski definition) is 1. The summed E-state index contributed by atoms with van der Waals surface area (Å²) in [6, 6.07) is 6.04. The highest BCUT2D eigenvalue weighted by Gasteiger charge is 2.31. The summed E-state index contributed by atoms with van der Waals surface area (Å²) in [6.07, 6.45) is 6.55. The second-order valence-electron chi connectivity index (χ2n) is 9.53. The van der Waals surface area contributed by atoms with Gasteiger partial charge in [-0.25, -0.2) is 4.98 Å². The van der Waals surface area contributed by atoms with E-state index < -0.39 is 0 Å². The number of carbonyl (C=O) groups excluding carboxylic acids is 1. The van der Waals surface area contributed by atoms with Crippen molar-refractivity contribution >= 4 is 28.1 Å². The Morgan fingerprint density at radius 3 is 2.82 bits per heavy atom. The van der Waals surface area contributed by atoms with Gasteiger partial charge in [-0.2, -0.15) is 0 Å². The van der Waals surface area contributed by atoms with E-state index in [-0.39, 0.29) is 18.6 Å². The molecule has 182 valence electrons. The number of ether oxygens (including phenoxy) is 1. The van der Waals surface area contributed by atoms with Gasteiger partial charge in [0.25, 0.3) is 0 Å². The molecule has 2 aromatic heterocycles. The minimum absolute atomic E-state index is 0.0317. The molecule has 0 bridgehead atoms. The maximum absolute atomic E-state index is 13.1. The first-order valence-corrected chi connectivity index (χ1v) is 13.1. The zero-order valence-electron chi connectivity index (χ0n) is 20.1. The number of methoxy groups -OCH3 is 1. The Morgan fingerprint density at radius 1 is 1.26 bits per heavy atom. The molecule has 3 aromatic rings. The molecule has 0 unspecified atom stereocenters. The fourth-order valence-corrected chi connectivity index (χ4v) is 5.96. The Hall–Kier alpha value is -2.42. The molecule has 7 nitrogen and oxygen atoms in total. The average Bonchev–Trinajstić information content (AvgIpc) is 3.43. The zero-order valence-corrected chi connectivity index (χ0v) is 20.9. The van der Waals surface area contributed by atoms with Gasteiger partial charge in [0.1, 0.15) is 10.8 Å². The van der Waals surface area contributed by atoms with Crippen molar-refractivity contribution in [2.75, 3.05) is 33.4 Å². The van der Waals surface area contributed by atoms with Crippen LogP contribution in [0.25, 0.3) is 10.9 Å². The number of nitrogens with zero attached hydrogens (tertiary/aromatic N) is 4. The number of fused-ring (bicyclic) bond motifs is 3. The fraction of sp³-hybridized carbons (Fsp3) is 0.538. The highest BCUT2D eigenvalue weighted by Crippen LogP contribution is 2.37. The lowest BCUT2D eigenvalue weighted by molar-refractivity contribution is -0.131. The highest BCUT2D eigenvalue weighted by molar-refractivity contribution is 7.09. The van der Waals surface area contributed by atoms with Gasteiger partial charge >= 0.3 is 0 Å². The molecule has 2 aliphatic rings. The molecule has 34 heavy (non-hydrogen) atoms. The van der Waals surface area contributed by atoms with E-state index in [0.717, 1.165) is 47.9 Å². The van der Waals surface area contributed by atoms with Gasteiger partial charge in [-0.15, -0.1) is 11.3 Å². The van der Waals surface area contributed by atoms with Crippen LogP contribution in [0.15, 0.2) is 29.8 Å². The monoisotopic (exact) mass is 482 g/mol. The number of rotatable bonds is 6. The molecule has 5 rings (SSSR count). The van der Waals surface area contributed by atoms with Crippen molar-refractivity contribution in [1.82, 2.24) is 19.4 Å². The second-order valence-corrected chi connectivity index (χ2v) is 10.5. The Kier molecular flexibility index (Phi) is 6.90. The van der Waals surface area contributed by atoms with Gasteiger partial charge in [0.2, 0.25) is 5.91 Å². The maximum atomic E-state index is 13.1. The van der Waals surface area contributed by atoms with E-state index >= 15 is 0 Å². The largest absolute Gasteiger partial charge is 0.497 e. The van der Waals surface area contributed by atoms with E-state index in [2.05, 4.69) is 38.5 Å². The van der Waals surface area contributed by atoms with Crippen molar-refractivity contribution in [1.29, 1.82) is 0 Å². The second kappa shape index (κ2) is 10.1. The lowest BCUT2D eigenvalue weighted by Gasteiger charge is -2.34. The van der Waals surface area contributed by atoms with Crippen LogP contribution in [0.2, 0.25) is 0 Å². The lowest BCUT2D eigenvalue weighted by atomic mass is 10.0. The quantitative estimate of drug-likeness (QED) is 0.579. The number of amides is 1. The van der Waals surface area contributed by atoms with Crippen LogP contribution in [0, 0.1) is 5.92 Å². The minimum atomic E-state index is -0.143. The molecule has 3 heterocycles. The summed E-state index contributed by atoms with van der Waals surface area (Å²) in [5, 5.41) is 14.9. The van der Waals surface area contributed by atoms with Crippen molar-refractivity contribution in [3.63, 3.8) is 0 Å². The number of aliphatic hydroxyl groups excluding tert-OH is 1. The molecule has 1 amide bonds. The van der Waals surface area contributed by atoms with Crippen LogP contribution in [0.1, 0.15) is 48.0 Å². The van der Waals surface area contributed by atoms with Crippen LogP contribution in [0.5, 0.6) is 5.75 Å². The molecule has 1 aliphatic carbocycles. The first-order valence-electron chi connectivity index (χ1n) is 12.2. The molecule has 1 fully saturated rings. The van der Waals surface area contributed by atoms with E-state index in [9.17, 15) is 9.90 Å². The Bertz CT molecular complexity index is 1140. The third-order valence-corrected chi connectivity index (χ3v) is 8.10. The summed E-state index contributed by atoms with van der Waals surface area (Å²) >= 11 is 1.64. The summed E-state index contributed by atoms with van der Waals surface area (Å²) in [5.41, 5.74) is 3.43. The van der Waals surface area contributed by atoms with Crippen LogP contribution in [-0.4, -0.2) is 63.7 Å². The third kappa shape index (κ3) is 4.72. The van der Waals surface area contributed by atoms with Crippen molar-refractivity contribution in [2.24, 2.45) is 13.0 Å². The van der Waals surface area contributed by atoms with Crippen molar-refractivity contribution in [2.45, 2.75) is 44.7 Å². The van der Waals surface area contributed by atoms with Gasteiger partial charge in [-0.05, 0) is 49.3 Å². The number of aromatic nitrogens is 2. The zero-order chi connectivity index (χ0) is 23.7. The number of aliphatic hydroxyl groups is 1. The first kappa shape index (κ1) is 23.3. The molecule has 1 atom stereocenters. The van der Waals surface area contributed by atoms with E-state index in [1.165, 1.54) is 23.8 Å². The van der Waals surface area contributed by atoms with Gasteiger partial charge in [0.15, 0.2) is 0 Å². The standard InChI is InChI=1S/C26H34N4O3S/c1-28-22-15-19(33-2)6-7-20(22)21-8-12-29(25(32)14-18-4-5-18)10-3-11-30(23(17-31)26(21)28)16-24-27-9-13-34-24/h6-7,9,13,15,18,23,31H,3-5,8,10-12,14,16-17H2,1-2H3/t23-/m1/s1. The van der Waals surface area contributed by atoms with Gasteiger partial charge < -0.3 is 19.3 Å². The third-order valence-electron chi connectivity index (χ3n) is 7.33. The van der Waals surface area contributed by atoms with Crippen LogP contribution in [0.3, 0.4) is 0 Å². The number of benzene rings is 1. The molecule has 0 spiro atoms. The smallest absolute Gasteiger partial charge is 0.222 e. The maximum Gasteiger partial charge on any atom is 0.222 e. The van der Waals surface area contributed by atoms with Crippen molar-refractivity contribution < 1.29 is 14.6 Å². The van der Waals surface area contributed by atoms with E-state index in [1.807, 2.05) is 17.6 Å². The van der Waals surface area contributed by atoms with E-state index in [4.69, 9.17) is 4.74 Å². The van der Waals surface area contributed by atoms with Gasteiger partial charge in [0.05, 0.1) is 31.8 Å². The van der Waals surface area contributed by atoms with E-state index in [1.54, 1.807) is 18.4 Å². The molecule has 1 aliphatic heterocycles. The van der Waals surface area contributed by atoms with Crippen LogP contribution < -0.4 is 4.74 Å². The highest BCUT2D eigenvalue weighted by atomic mass is 32.1. The molecular weight excluding hydrogens is 448 g/mol. The average molecular weight is 483 g/mol. The molecular formula is C26H34N4O3S. The predicted octanol–water partition coefficient (Wildman–Crippen LogP) is 3.75. The minimum Gasteiger partial charge on any atom is -0.497 e. The van der Waals surface area contributed by atoms with Crippen LogP contribution in [-0.2, 0) is 24.8 Å². The summed E-state index contributed by atoms with van der Waals surface area (Å²) in [5.74, 6) is 1.69. The SMILES string of the molecule is COc1ccc2c3c(n(C)c2c1)[C@@H](CO)N(Cc1nccs1)CCCN(C(=O)CC1CC1)CC3. The predicted molar refractivity (Wildman–Crippen MR) is 134 cm³/mol. The first-order chi connectivity index (χ1) is 16.6. The molecule has 0 radical (unpaired) electrons. The van der Waals surface area contributed by atoms with Crippen LogP contribution >= 0.6 is 11.3 Å². The van der Waals surface area contributed by atoms with Crippen LogP contribution in [0.4, 0.5) is 0 Å². The van der Waals surface area contributed by atoms with Crippen molar-refractivity contribution in [3.05, 3.63) is 46.0 Å². The summed E-state index contributed by atoms with van der Waals surface area (Å²) in [6.45, 7) is 2.98. The van der Waals surface area contributed by atoms with Gasteiger partial charge in [0, 0.05) is 61.8 Å². The molecule has 0 saturated heterocycles. The Morgan fingerprint density at radius 2 is 2.12 bits per heavy atom.